The zero-order chi connectivity index (χ0) is 13.9. The van der Waals surface area contributed by atoms with Crippen molar-refractivity contribution >= 4 is 5.97 Å². The predicted molar refractivity (Wildman–Crippen MR) is 76.2 cm³/mol. The standard InChI is InChI=1S/C16H23NO2/c1-13-7-9-14(10-8-13)16(2,15(18)19)17-11-5-3-4-6-12-17/h7-10H,3-6,11-12H2,1-2H3,(H,18,19). The fourth-order valence-electron chi connectivity index (χ4n) is 2.84. The lowest BCUT2D eigenvalue weighted by atomic mass is 9.89. The zero-order valence-electron chi connectivity index (χ0n) is 11.9. The molecule has 104 valence electrons. The molecule has 1 aliphatic heterocycles. The molecule has 0 spiro atoms. The van der Waals surface area contributed by atoms with Gasteiger partial charge in [0.15, 0.2) is 0 Å². The largest absolute Gasteiger partial charge is 0.480 e. The molecule has 1 heterocycles. The molecule has 19 heavy (non-hydrogen) atoms. The van der Waals surface area contributed by atoms with E-state index in [1.165, 1.54) is 12.8 Å². The van der Waals surface area contributed by atoms with Crippen molar-refractivity contribution in [1.29, 1.82) is 0 Å². The monoisotopic (exact) mass is 261 g/mol. The number of rotatable bonds is 3. The van der Waals surface area contributed by atoms with Gasteiger partial charge in [0, 0.05) is 0 Å². The van der Waals surface area contributed by atoms with Gasteiger partial charge in [-0.2, -0.15) is 0 Å². The number of carboxylic acids is 1. The summed E-state index contributed by atoms with van der Waals surface area (Å²) in [5.41, 5.74) is 1.14. The minimum absolute atomic E-state index is 0.752. The number of hydrogen-bond donors (Lipinski definition) is 1. The number of hydrogen-bond acceptors (Lipinski definition) is 2. The highest BCUT2D eigenvalue weighted by molar-refractivity contribution is 5.80. The van der Waals surface area contributed by atoms with Crippen molar-refractivity contribution in [3.05, 3.63) is 35.4 Å². The number of likely N-dealkylation sites (tertiary alicyclic amines) is 1. The number of benzene rings is 1. The fraction of sp³-hybridized carbons (Fsp3) is 0.562. The van der Waals surface area contributed by atoms with Crippen molar-refractivity contribution < 1.29 is 9.90 Å². The van der Waals surface area contributed by atoms with Gasteiger partial charge in [-0.05, 0) is 45.3 Å². The van der Waals surface area contributed by atoms with Crippen molar-refractivity contribution in [2.75, 3.05) is 13.1 Å². The highest BCUT2D eigenvalue weighted by Gasteiger charge is 2.41. The number of aliphatic carboxylic acids is 1. The van der Waals surface area contributed by atoms with Crippen LogP contribution in [0.2, 0.25) is 0 Å². The van der Waals surface area contributed by atoms with Crippen LogP contribution < -0.4 is 0 Å². The van der Waals surface area contributed by atoms with E-state index in [2.05, 4.69) is 4.90 Å². The van der Waals surface area contributed by atoms with Gasteiger partial charge in [0.2, 0.25) is 0 Å². The minimum atomic E-state index is -0.905. The van der Waals surface area contributed by atoms with Crippen molar-refractivity contribution in [2.24, 2.45) is 0 Å². The Balaban J connectivity index is 2.35. The lowest BCUT2D eigenvalue weighted by Crippen LogP contribution is -2.50. The van der Waals surface area contributed by atoms with Crippen LogP contribution in [0.25, 0.3) is 0 Å². The highest BCUT2D eigenvalue weighted by atomic mass is 16.4. The minimum Gasteiger partial charge on any atom is -0.480 e. The highest BCUT2D eigenvalue weighted by Crippen LogP contribution is 2.31. The van der Waals surface area contributed by atoms with E-state index in [0.717, 1.165) is 37.1 Å². The second-order valence-corrected chi connectivity index (χ2v) is 5.64. The topological polar surface area (TPSA) is 40.5 Å². The Morgan fingerprint density at radius 2 is 1.63 bits per heavy atom. The van der Waals surface area contributed by atoms with Crippen LogP contribution in [0.1, 0.15) is 43.7 Å². The molecule has 1 saturated heterocycles. The molecule has 0 amide bonds. The van der Waals surface area contributed by atoms with Gasteiger partial charge in [0.25, 0.3) is 0 Å². The molecule has 1 unspecified atom stereocenters. The Hall–Kier alpha value is -1.35. The van der Waals surface area contributed by atoms with Crippen molar-refractivity contribution in [3.63, 3.8) is 0 Å². The van der Waals surface area contributed by atoms with Gasteiger partial charge in [-0.25, -0.2) is 4.79 Å². The molecule has 2 rings (SSSR count). The molecule has 1 atom stereocenters. The maximum Gasteiger partial charge on any atom is 0.328 e. The first kappa shape index (κ1) is 14.1. The molecule has 1 fully saturated rings. The van der Waals surface area contributed by atoms with E-state index < -0.39 is 11.5 Å². The number of carboxylic acid groups (broad SMARTS) is 1. The summed E-state index contributed by atoms with van der Waals surface area (Å²) < 4.78 is 0. The van der Waals surface area contributed by atoms with Gasteiger partial charge in [-0.3, -0.25) is 4.90 Å². The Labute approximate surface area is 115 Å². The normalized spacial score (nSPS) is 20.5. The van der Waals surface area contributed by atoms with Gasteiger partial charge in [0.1, 0.15) is 5.54 Å². The quantitative estimate of drug-likeness (QED) is 0.908. The molecule has 1 aliphatic rings. The molecule has 1 N–H and O–H groups in total. The van der Waals surface area contributed by atoms with Crippen LogP contribution in [0.3, 0.4) is 0 Å². The van der Waals surface area contributed by atoms with E-state index in [1.807, 2.05) is 38.1 Å². The first-order valence-electron chi connectivity index (χ1n) is 7.11. The smallest absolute Gasteiger partial charge is 0.328 e. The van der Waals surface area contributed by atoms with Gasteiger partial charge >= 0.3 is 5.97 Å². The summed E-state index contributed by atoms with van der Waals surface area (Å²) in [6.07, 6.45) is 4.60. The Morgan fingerprint density at radius 3 is 2.11 bits per heavy atom. The Kier molecular flexibility index (Phi) is 4.25. The van der Waals surface area contributed by atoms with Crippen LogP contribution in [0.4, 0.5) is 0 Å². The molecule has 0 radical (unpaired) electrons. The Bertz CT molecular complexity index is 433. The van der Waals surface area contributed by atoms with Crippen molar-refractivity contribution in [2.45, 2.75) is 45.1 Å². The lowest BCUT2D eigenvalue weighted by molar-refractivity contribution is -0.151. The number of aryl methyl sites for hydroxylation is 1. The first-order valence-corrected chi connectivity index (χ1v) is 7.11. The molecule has 0 saturated carbocycles. The van der Waals surface area contributed by atoms with Crippen molar-refractivity contribution in [3.8, 4) is 0 Å². The van der Waals surface area contributed by atoms with E-state index >= 15 is 0 Å². The van der Waals surface area contributed by atoms with Crippen LogP contribution in [-0.4, -0.2) is 29.1 Å². The maximum atomic E-state index is 11.9. The van der Waals surface area contributed by atoms with Crippen LogP contribution in [0, 0.1) is 6.92 Å². The molecule has 3 heteroatoms. The van der Waals surface area contributed by atoms with Gasteiger partial charge < -0.3 is 5.11 Å². The van der Waals surface area contributed by atoms with E-state index in [9.17, 15) is 9.90 Å². The summed E-state index contributed by atoms with van der Waals surface area (Å²) in [7, 11) is 0. The predicted octanol–water partition coefficient (Wildman–Crippen LogP) is 3.17. The van der Waals surface area contributed by atoms with Crippen LogP contribution in [0.5, 0.6) is 0 Å². The SMILES string of the molecule is Cc1ccc(C(C)(C(=O)O)N2CCCCCC2)cc1. The van der Waals surface area contributed by atoms with Crippen molar-refractivity contribution in [1.82, 2.24) is 4.90 Å². The maximum absolute atomic E-state index is 11.9. The van der Waals surface area contributed by atoms with Crippen LogP contribution >= 0.6 is 0 Å². The summed E-state index contributed by atoms with van der Waals surface area (Å²) in [5.74, 6) is -0.752. The lowest BCUT2D eigenvalue weighted by Gasteiger charge is -2.37. The summed E-state index contributed by atoms with van der Waals surface area (Å²) in [6.45, 7) is 5.60. The molecule has 1 aromatic carbocycles. The molecule has 0 bridgehead atoms. The van der Waals surface area contributed by atoms with E-state index in [0.29, 0.717) is 0 Å². The molecule has 0 aliphatic carbocycles. The zero-order valence-corrected chi connectivity index (χ0v) is 11.9. The van der Waals surface area contributed by atoms with E-state index in [-0.39, 0.29) is 0 Å². The summed E-state index contributed by atoms with van der Waals surface area (Å²) in [4.78, 5) is 14.0. The van der Waals surface area contributed by atoms with Gasteiger partial charge in [-0.1, -0.05) is 42.7 Å². The average molecular weight is 261 g/mol. The average Bonchev–Trinajstić information content (AvgIpc) is 2.67. The molecular formula is C16H23NO2. The third-order valence-corrected chi connectivity index (χ3v) is 4.27. The third kappa shape index (κ3) is 2.81. The molecule has 1 aromatic rings. The molecule has 0 aromatic heterocycles. The van der Waals surface area contributed by atoms with Gasteiger partial charge in [0.05, 0.1) is 0 Å². The second kappa shape index (κ2) is 5.74. The summed E-state index contributed by atoms with van der Waals surface area (Å²) in [5, 5.41) is 9.76. The molecule has 3 nitrogen and oxygen atoms in total. The second-order valence-electron chi connectivity index (χ2n) is 5.64. The fourth-order valence-corrected chi connectivity index (χ4v) is 2.84. The number of carbonyl (C=O) groups is 1. The van der Waals surface area contributed by atoms with E-state index in [4.69, 9.17) is 0 Å². The van der Waals surface area contributed by atoms with Crippen LogP contribution in [0.15, 0.2) is 24.3 Å². The summed E-state index contributed by atoms with van der Waals surface area (Å²) >= 11 is 0. The third-order valence-electron chi connectivity index (χ3n) is 4.27. The van der Waals surface area contributed by atoms with E-state index in [1.54, 1.807) is 0 Å². The first-order chi connectivity index (χ1) is 9.05. The van der Waals surface area contributed by atoms with Crippen LogP contribution in [-0.2, 0) is 10.3 Å². The number of nitrogens with zero attached hydrogens (tertiary/aromatic N) is 1. The summed E-state index contributed by atoms with van der Waals surface area (Å²) in [6, 6.07) is 7.89. The van der Waals surface area contributed by atoms with Gasteiger partial charge in [-0.15, -0.1) is 0 Å². The molecular weight excluding hydrogens is 238 g/mol. The Morgan fingerprint density at radius 1 is 1.11 bits per heavy atom.